The Morgan fingerprint density at radius 3 is 2.56 bits per heavy atom. The average Bonchev–Trinajstić information content (AvgIpc) is 2.72. The second-order valence-corrected chi connectivity index (χ2v) is 6.51. The van der Waals surface area contributed by atoms with Gasteiger partial charge < -0.3 is 10.1 Å². The van der Waals surface area contributed by atoms with E-state index in [2.05, 4.69) is 25.4 Å². The maximum atomic E-state index is 5.56. The van der Waals surface area contributed by atoms with Gasteiger partial charge in [0.05, 0.1) is 6.61 Å². The summed E-state index contributed by atoms with van der Waals surface area (Å²) in [5.41, 5.74) is 0. The first-order chi connectivity index (χ1) is 7.68. The van der Waals surface area contributed by atoms with Crippen molar-refractivity contribution in [3.63, 3.8) is 0 Å². The summed E-state index contributed by atoms with van der Waals surface area (Å²) in [6, 6.07) is 0. The van der Waals surface area contributed by atoms with E-state index < -0.39 is 0 Å². The van der Waals surface area contributed by atoms with Crippen LogP contribution in [0.25, 0.3) is 0 Å². The highest BCUT2D eigenvalue weighted by atomic mass is 32.2. The minimum Gasteiger partial charge on any atom is -0.380 e. The van der Waals surface area contributed by atoms with Crippen molar-refractivity contribution in [2.75, 3.05) is 32.6 Å². The molecule has 1 saturated carbocycles. The van der Waals surface area contributed by atoms with E-state index in [0.717, 1.165) is 26.3 Å². The third-order valence-corrected chi connectivity index (χ3v) is 4.69. The highest BCUT2D eigenvalue weighted by Gasteiger charge is 2.32. The first-order valence-electron chi connectivity index (χ1n) is 6.52. The van der Waals surface area contributed by atoms with Gasteiger partial charge in [-0.3, -0.25) is 0 Å². The van der Waals surface area contributed by atoms with Crippen LogP contribution < -0.4 is 5.32 Å². The Hall–Kier alpha value is 0.270. The molecule has 0 radical (unpaired) electrons. The molecule has 0 aliphatic heterocycles. The van der Waals surface area contributed by atoms with Gasteiger partial charge in [0.25, 0.3) is 0 Å². The molecule has 1 aliphatic carbocycles. The average molecular weight is 245 g/mol. The van der Waals surface area contributed by atoms with Crippen molar-refractivity contribution in [2.45, 2.75) is 44.3 Å². The molecule has 1 fully saturated rings. The summed E-state index contributed by atoms with van der Waals surface area (Å²) in [5.74, 6) is 0.646. The third kappa shape index (κ3) is 5.07. The van der Waals surface area contributed by atoms with Gasteiger partial charge in [-0.05, 0) is 25.0 Å². The van der Waals surface area contributed by atoms with Crippen LogP contribution in [-0.2, 0) is 4.74 Å². The van der Waals surface area contributed by atoms with Gasteiger partial charge in [0.2, 0.25) is 0 Å². The van der Waals surface area contributed by atoms with Crippen molar-refractivity contribution >= 4 is 11.8 Å². The van der Waals surface area contributed by atoms with Gasteiger partial charge >= 0.3 is 0 Å². The number of ether oxygens (including phenoxy) is 1. The van der Waals surface area contributed by atoms with Gasteiger partial charge in [-0.25, -0.2) is 0 Å². The van der Waals surface area contributed by atoms with Gasteiger partial charge in [-0.15, -0.1) is 0 Å². The molecule has 1 aliphatic rings. The van der Waals surface area contributed by atoms with E-state index in [1.807, 2.05) is 11.8 Å². The van der Waals surface area contributed by atoms with E-state index in [9.17, 15) is 0 Å². The van der Waals surface area contributed by atoms with Gasteiger partial charge in [-0.2, -0.15) is 11.8 Å². The molecule has 16 heavy (non-hydrogen) atoms. The normalized spacial score (nSPS) is 19.5. The molecule has 0 spiro atoms. The van der Waals surface area contributed by atoms with Crippen LogP contribution in [0.2, 0.25) is 0 Å². The Kier molecular flexibility index (Phi) is 6.78. The van der Waals surface area contributed by atoms with Crippen LogP contribution >= 0.6 is 11.8 Å². The Balaban J connectivity index is 2.01. The lowest BCUT2D eigenvalue weighted by atomic mass is 10.1. The van der Waals surface area contributed by atoms with E-state index in [-0.39, 0.29) is 0 Å². The highest BCUT2D eigenvalue weighted by molar-refractivity contribution is 8.00. The summed E-state index contributed by atoms with van der Waals surface area (Å²) < 4.78 is 6.08. The number of thioether (sulfide) groups is 1. The molecule has 0 amide bonds. The van der Waals surface area contributed by atoms with Crippen LogP contribution in [0.4, 0.5) is 0 Å². The van der Waals surface area contributed by atoms with Crippen molar-refractivity contribution < 1.29 is 4.74 Å². The van der Waals surface area contributed by atoms with E-state index in [0.29, 0.717) is 10.7 Å². The molecule has 3 heteroatoms. The molecule has 0 aromatic heterocycles. The van der Waals surface area contributed by atoms with E-state index in [4.69, 9.17) is 4.74 Å². The number of rotatable bonds is 8. The molecular formula is C13H27NOS. The number of hydrogen-bond acceptors (Lipinski definition) is 3. The SMILES string of the molecule is CSC1(CNCCOCC(C)C)CCCC1. The summed E-state index contributed by atoms with van der Waals surface area (Å²) in [7, 11) is 0. The Labute approximate surface area is 105 Å². The Bertz CT molecular complexity index is 179. The van der Waals surface area contributed by atoms with Crippen LogP contribution in [0.1, 0.15) is 39.5 Å². The van der Waals surface area contributed by atoms with Crippen LogP contribution in [0.15, 0.2) is 0 Å². The molecule has 96 valence electrons. The Morgan fingerprint density at radius 1 is 1.31 bits per heavy atom. The monoisotopic (exact) mass is 245 g/mol. The minimum atomic E-state index is 0.526. The van der Waals surface area contributed by atoms with Crippen LogP contribution in [0, 0.1) is 5.92 Å². The van der Waals surface area contributed by atoms with Crippen LogP contribution in [0.3, 0.4) is 0 Å². The summed E-state index contributed by atoms with van der Waals surface area (Å²) in [5, 5.41) is 3.55. The zero-order chi connectivity index (χ0) is 11.9. The maximum Gasteiger partial charge on any atom is 0.0591 e. The van der Waals surface area contributed by atoms with E-state index in [1.54, 1.807) is 0 Å². The van der Waals surface area contributed by atoms with Gasteiger partial charge in [0.15, 0.2) is 0 Å². The van der Waals surface area contributed by atoms with Crippen molar-refractivity contribution in [1.29, 1.82) is 0 Å². The lowest BCUT2D eigenvalue weighted by Crippen LogP contribution is -2.36. The number of hydrogen-bond donors (Lipinski definition) is 1. The molecule has 0 unspecified atom stereocenters. The zero-order valence-electron chi connectivity index (χ0n) is 11.1. The summed E-state index contributed by atoms with van der Waals surface area (Å²) >= 11 is 2.05. The molecule has 0 atom stereocenters. The summed E-state index contributed by atoms with van der Waals surface area (Å²) in [6.45, 7) is 8.26. The highest BCUT2D eigenvalue weighted by Crippen LogP contribution is 2.39. The molecule has 1 N–H and O–H groups in total. The van der Waals surface area contributed by atoms with Crippen molar-refractivity contribution in [3.8, 4) is 0 Å². The van der Waals surface area contributed by atoms with E-state index in [1.165, 1.54) is 25.7 Å². The lowest BCUT2D eigenvalue weighted by Gasteiger charge is -2.27. The first kappa shape index (κ1) is 14.3. The molecular weight excluding hydrogens is 218 g/mol. The largest absolute Gasteiger partial charge is 0.380 e. The van der Waals surface area contributed by atoms with Gasteiger partial charge in [0, 0.05) is 24.4 Å². The van der Waals surface area contributed by atoms with Crippen molar-refractivity contribution in [3.05, 3.63) is 0 Å². The van der Waals surface area contributed by atoms with Crippen molar-refractivity contribution in [1.82, 2.24) is 5.32 Å². The molecule has 0 heterocycles. The third-order valence-electron chi connectivity index (χ3n) is 3.27. The molecule has 1 rings (SSSR count). The maximum absolute atomic E-state index is 5.56. The lowest BCUT2D eigenvalue weighted by molar-refractivity contribution is 0.111. The predicted molar refractivity (Wildman–Crippen MR) is 73.2 cm³/mol. The summed E-state index contributed by atoms with van der Waals surface area (Å²) in [6.07, 6.45) is 7.84. The minimum absolute atomic E-state index is 0.526. The zero-order valence-corrected chi connectivity index (χ0v) is 11.9. The molecule has 0 saturated heterocycles. The van der Waals surface area contributed by atoms with Gasteiger partial charge in [-0.1, -0.05) is 26.7 Å². The predicted octanol–water partition coefficient (Wildman–Crippen LogP) is 2.92. The standard InChI is InChI=1S/C13H27NOS/c1-12(2)10-15-9-8-14-11-13(16-3)6-4-5-7-13/h12,14H,4-11H2,1-3H3. The molecule has 2 nitrogen and oxygen atoms in total. The topological polar surface area (TPSA) is 21.3 Å². The molecule has 0 aromatic rings. The van der Waals surface area contributed by atoms with Crippen LogP contribution in [0.5, 0.6) is 0 Å². The van der Waals surface area contributed by atoms with Gasteiger partial charge in [0.1, 0.15) is 0 Å². The van der Waals surface area contributed by atoms with Crippen molar-refractivity contribution in [2.24, 2.45) is 5.92 Å². The number of nitrogens with one attached hydrogen (secondary N) is 1. The summed E-state index contributed by atoms with van der Waals surface area (Å²) in [4.78, 5) is 0. The Morgan fingerprint density at radius 2 is 2.00 bits per heavy atom. The fraction of sp³-hybridized carbons (Fsp3) is 1.00. The smallest absolute Gasteiger partial charge is 0.0591 e. The quantitative estimate of drug-likeness (QED) is 0.664. The second kappa shape index (κ2) is 7.57. The fourth-order valence-corrected chi connectivity index (χ4v) is 3.20. The fourth-order valence-electron chi connectivity index (χ4n) is 2.25. The second-order valence-electron chi connectivity index (χ2n) is 5.24. The van der Waals surface area contributed by atoms with Crippen LogP contribution in [-0.4, -0.2) is 37.3 Å². The first-order valence-corrected chi connectivity index (χ1v) is 7.75. The van der Waals surface area contributed by atoms with E-state index >= 15 is 0 Å². The molecule has 0 aromatic carbocycles. The molecule has 0 bridgehead atoms.